The first kappa shape index (κ1) is 17.4. The molecule has 0 heterocycles. The van der Waals surface area contributed by atoms with E-state index in [4.69, 9.17) is 10.5 Å². The van der Waals surface area contributed by atoms with E-state index in [-0.39, 0.29) is 11.8 Å². The zero-order valence-corrected chi connectivity index (χ0v) is 12.2. The maximum Gasteiger partial charge on any atom is 0.224 e. The third-order valence-corrected chi connectivity index (χ3v) is 2.88. The largest absolute Gasteiger partial charge is 0.383 e. The fraction of sp³-hybridized carbons (Fsp3) is 0.923. The van der Waals surface area contributed by atoms with Gasteiger partial charge >= 0.3 is 0 Å². The molecule has 5 heteroatoms. The van der Waals surface area contributed by atoms with Gasteiger partial charge in [-0.2, -0.15) is 0 Å². The molecule has 108 valence electrons. The first-order chi connectivity index (χ1) is 8.51. The average Bonchev–Trinajstić information content (AvgIpc) is 2.32. The molecular weight excluding hydrogens is 230 g/mol. The van der Waals surface area contributed by atoms with Gasteiger partial charge in [-0.1, -0.05) is 13.8 Å². The van der Waals surface area contributed by atoms with Crippen molar-refractivity contribution in [3.05, 3.63) is 0 Å². The summed E-state index contributed by atoms with van der Waals surface area (Å²) in [6.07, 6.45) is 0.849. The summed E-state index contributed by atoms with van der Waals surface area (Å²) in [4.78, 5) is 14.0. The Morgan fingerprint density at radius 3 is 2.56 bits per heavy atom. The topological polar surface area (TPSA) is 67.6 Å². The van der Waals surface area contributed by atoms with E-state index in [1.165, 1.54) is 0 Å². The molecule has 0 saturated carbocycles. The molecule has 0 aromatic heterocycles. The van der Waals surface area contributed by atoms with Crippen LogP contribution in [0.2, 0.25) is 0 Å². The first-order valence-corrected chi connectivity index (χ1v) is 6.66. The van der Waals surface area contributed by atoms with Crippen molar-refractivity contribution in [3.8, 4) is 0 Å². The highest BCUT2D eigenvalue weighted by Gasteiger charge is 2.17. The van der Waals surface area contributed by atoms with Crippen LogP contribution in [-0.4, -0.2) is 57.8 Å². The second-order valence-corrected chi connectivity index (χ2v) is 5.15. The quantitative estimate of drug-likeness (QED) is 0.592. The van der Waals surface area contributed by atoms with Crippen LogP contribution in [0.25, 0.3) is 0 Å². The number of carbonyl (C=O) groups excluding carboxylic acids is 1. The Morgan fingerprint density at radius 2 is 2.06 bits per heavy atom. The Hall–Kier alpha value is -0.650. The Kier molecular flexibility index (Phi) is 9.92. The summed E-state index contributed by atoms with van der Waals surface area (Å²) >= 11 is 0. The molecule has 3 N–H and O–H groups in total. The van der Waals surface area contributed by atoms with Crippen molar-refractivity contribution in [2.45, 2.75) is 20.3 Å². The highest BCUT2D eigenvalue weighted by Crippen LogP contribution is 2.10. The summed E-state index contributed by atoms with van der Waals surface area (Å²) in [5.74, 6) is 0.509. The van der Waals surface area contributed by atoms with Crippen LogP contribution in [0.1, 0.15) is 20.3 Å². The number of rotatable bonds is 10. The molecule has 0 rings (SSSR count). The number of nitrogens with zero attached hydrogens (tertiary/aromatic N) is 1. The van der Waals surface area contributed by atoms with E-state index in [2.05, 4.69) is 24.1 Å². The van der Waals surface area contributed by atoms with E-state index in [0.29, 0.717) is 25.6 Å². The number of hydrogen-bond donors (Lipinski definition) is 2. The van der Waals surface area contributed by atoms with Crippen LogP contribution >= 0.6 is 0 Å². The molecule has 0 aromatic carbocycles. The number of carbonyl (C=O) groups is 1. The van der Waals surface area contributed by atoms with Crippen LogP contribution < -0.4 is 11.1 Å². The lowest BCUT2D eigenvalue weighted by Crippen LogP contribution is -2.40. The SMILES string of the molecule is COCCN(C)CCNC(=O)C(CN)CC(C)C. The molecule has 0 aromatic rings. The number of nitrogens with two attached hydrogens (primary N) is 1. The first-order valence-electron chi connectivity index (χ1n) is 6.66. The van der Waals surface area contributed by atoms with E-state index >= 15 is 0 Å². The third kappa shape index (κ3) is 8.44. The molecule has 0 fully saturated rings. The van der Waals surface area contributed by atoms with E-state index in [1.54, 1.807) is 7.11 Å². The van der Waals surface area contributed by atoms with Crippen LogP contribution in [0.3, 0.4) is 0 Å². The van der Waals surface area contributed by atoms with Crippen LogP contribution in [0, 0.1) is 11.8 Å². The van der Waals surface area contributed by atoms with Gasteiger partial charge in [-0.05, 0) is 19.4 Å². The number of likely N-dealkylation sites (N-methyl/N-ethyl adjacent to an activating group) is 1. The lowest BCUT2D eigenvalue weighted by Gasteiger charge is -2.19. The summed E-state index contributed by atoms with van der Waals surface area (Å²) in [5.41, 5.74) is 5.63. The Morgan fingerprint density at radius 1 is 1.39 bits per heavy atom. The molecule has 0 saturated heterocycles. The molecule has 1 atom stereocenters. The summed E-state index contributed by atoms with van der Waals surface area (Å²) in [6, 6.07) is 0. The van der Waals surface area contributed by atoms with Gasteiger partial charge in [0.15, 0.2) is 0 Å². The summed E-state index contributed by atoms with van der Waals surface area (Å²) in [6.45, 7) is 7.70. The normalized spacial score (nSPS) is 13.1. The molecule has 0 aliphatic carbocycles. The van der Waals surface area contributed by atoms with E-state index in [1.807, 2.05) is 7.05 Å². The van der Waals surface area contributed by atoms with Gasteiger partial charge in [0.1, 0.15) is 0 Å². The minimum Gasteiger partial charge on any atom is -0.383 e. The molecule has 0 aliphatic heterocycles. The van der Waals surface area contributed by atoms with Crippen LogP contribution in [0.5, 0.6) is 0 Å². The third-order valence-electron chi connectivity index (χ3n) is 2.88. The maximum atomic E-state index is 11.9. The summed E-state index contributed by atoms with van der Waals surface area (Å²) in [5, 5.41) is 2.94. The highest BCUT2D eigenvalue weighted by atomic mass is 16.5. The minimum atomic E-state index is -0.0609. The zero-order valence-electron chi connectivity index (χ0n) is 12.2. The minimum absolute atomic E-state index is 0.0609. The van der Waals surface area contributed by atoms with Crippen molar-refractivity contribution in [2.24, 2.45) is 17.6 Å². The van der Waals surface area contributed by atoms with Gasteiger partial charge < -0.3 is 20.7 Å². The molecule has 0 spiro atoms. The van der Waals surface area contributed by atoms with Crippen molar-refractivity contribution in [2.75, 3.05) is 46.9 Å². The van der Waals surface area contributed by atoms with Gasteiger partial charge in [-0.3, -0.25) is 4.79 Å². The second-order valence-electron chi connectivity index (χ2n) is 5.15. The van der Waals surface area contributed by atoms with Crippen molar-refractivity contribution >= 4 is 5.91 Å². The fourth-order valence-electron chi connectivity index (χ4n) is 1.75. The molecule has 0 aliphatic rings. The predicted molar refractivity (Wildman–Crippen MR) is 74.4 cm³/mol. The Bertz CT molecular complexity index is 222. The molecule has 0 bridgehead atoms. The smallest absolute Gasteiger partial charge is 0.224 e. The lowest BCUT2D eigenvalue weighted by atomic mass is 9.96. The number of ether oxygens (including phenoxy) is 1. The monoisotopic (exact) mass is 259 g/mol. The number of methoxy groups -OCH3 is 1. The standard InChI is InChI=1S/C13H29N3O2/c1-11(2)9-12(10-14)13(17)15-5-6-16(3)7-8-18-4/h11-12H,5-10,14H2,1-4H3,(H,15,17). The van der Waals surface area contributed by atoms with Gasteiger partial charge in [0.05, 0.1) is 12.5 Å². The van der Waals surface area contributed by atoms with Gasteiger partial charge in [-0.25, -0.2) is 0 Å². The van der Waals surface area contributed by atoms with Gasteiger partial charge in [-0.15, -0.1) is 0 Å². The van der Waals surface area contributed by atoms with E-state index < -0.39 is 0 Å². The van der Waals surface area contributed by atoms with Crippen molar-refractivity contribution in [3.63, 3.8) is 0 Å². The van der Waals surface area contributed by atoms with Gasteiger partial charge in [0, 0.05) is 33.3 Å². The highest BCUT2D eigenvalue weighted by molar-refractivity contribution is 5.78. The van der Waals surface area contributed by atoms with Gasteiger partial charge in [0.2, 0.25) is 5.91 Å². The molecular formula is C13H29N3O2. The second kappa shape index (κ2) is 10.3. The number of hydrogen-bond acceptors (Lipinski definition) is 4. The number of nitrogens with one attached hydrogen (secondary N) is 1. The molecule has 18 heavy (non-hydrogen) atoms. The van der Waals surface area contributed by atoms with Crippen LogP contribution in [0.4, 0.5) is 0 Å². The van der Waals surface area contributed by atoms with E-state index in [0.717, 1.165) is 19.5 Å². The van der Waals surface area contributed by atoms with Crippen molar-refractivity contribution in [1.82, 2.24) is 10.2 Å². The van der Waals surface area contributed by atoms with Crippen LogP contribution in [-0.2, 0) is 9.53 Å². The molecule has 1 unspecified atom stereocenters. The van der Waals surface area contributed by atoms with E-state index in [9.17, 15) is 4.79 Å². The number of amides is 1. The average molecular weight is 259 g/mol. The molecule has 0 radical (unpaired) electrons. The maximum absolute atomic E-state index is 11.9. The molecule has 5 nitrogen and oxygen atoms in total. The molecule has 1 amide bonds. The summed E-state index contributed by atoms with van der Waals surface area (Å²) in [7, 11) is 3.70. The fourth-order valence-corrected chi connectivity index (χ4v) is 1.75. The van der Waals surface area contributed by atoms with Crippen LogP contribution in [0.15, 0.2) is 0 Å². The Labute approximate surface area is 111 Å². The zero-order chi connectivity index (χ0) is 14.0. The van der Waals surface area contributed by atoms with Gasteiger partial charge in [0.25, 0.3) is 0 Å². The van der Waals surface area contributed by atoms with Crippen molar-refractivity contribution in [1.29, 1.82) is 0 Å². The predicted octanol–water partition coefficient (Wildman–Crippen LogP) is 0.302. The Balaban J connectivity index is 3.80. The van der Waals surface area contributed by atoms with Crippen molar-refractivity contribution < 1.29 is 9.53 Å². The lowest BCUT2D eigenvalue weighted by molar-refractivity contribution is -0.125. The summed E-state index contributed by atoms with van der Waals surface area (Å²) < 4.78 is 4.99.